The molecule has 1 aliphatic heterocycles. The minimum absolute atomic E-state index is 0.0147. The predicted molar refractivity (Wildman–Crippen MR) is 117 cm³/mol. The van der Waals surface area contributed by atoms with Crippen LogP contribution in [0.5, 0.6) is 0 Å². The Bertz CT molecular complexity index is 1180. The summed E-state index contributed by atoms with van der Waals surface area (Å²) in [6, 6.07) is 19.1. The van der Waals surface area contributed by atoms with E-state index < -0.39 is 0 Å². The van der Waals surface area contributed by atoms with Crippen LogP contribution in [0.2, 0.25) is 5.02 Å². The van der Waals surface area contributed by atoms with Gasteiger partial charge < -0.3 is 14.3 Å². The molecule has 0 atom stereocenters. The van der Waals surface area contributed by atoms with Crippen LogP contribution >= 0.6 is 11.6 Å². The minimum Gasteiger partial charge on any atom is -0.355 e. The molecule has 0 aliphatic carbocycles. The monoisotopic (exact) mass is 418 g/mol. The summed E-state index contributed by atoms with van der Waals surface area (Å²) < 4.78 is 5.55. The summed E-state index contributed by atoms with van der Waals surface area (Å²) in [5.41, 5.74) is 2.32. The number of halogens is 1. The van der Waals surface area contributed by atoms with Gasteiger partial charge in [-0.05, 0) is 30.3 Å². The van der Waals surface area contributed by atoms with Crippen LogP contribution in [0.3, 0.4) is 0 Å². The Balaban J connectivity index is 1.34. The Morgan fingerprint density at radius 2 is 1.77 bits per heavy atom. The number of hydrogen-bond donors (Lipinski definition) is 0. The maximum absolute atomic E-state index is 13.1. The van der Waals surface area contributed by atoms with E-state index in [4.69, 9.17) is 16.1 Å². The van der Waals surface area contributed by atoms with Crippen molar-refractivity contribution in [1.82, 2.24) is 15.0 Å². The zero-order chi connectivity index (χ0) is 20.5. The molecule has 0 saturated carbocycles. The second-order valence-corrected chi connectivity index (χ2v) is 7.66. The molecule has 0 radical (unpaired) electrons. The lowest BCUT2D eigenvalue weighted by atomic mass is 10.1. The van der Waals surface area contributed by atoms with Gasteiger partial charge in [-0.1, -0.05) is 47.1 Å². The van der Waals surface area contributed by atoms with Gasteiger partial charge in [0.15, 0.2) is 5.76 Å². The third-order valence-electron chi connectivity index (χ3n) is 5.36. The highest BCUT2D eigenvalue weighted by atomic mass is 35.5. The molecule has 7 heteroatoms. The van der Waals surface area contributed by atoms with E-state index in [0.717, 1.165) is 35.4 Å². The summed E-state index contributed by atoms with van der Waals surface area (Å²) >= 11 is 5.92. The molecule has 1 amide bonds. The summed E-state index contributed by atoms with van der Waals surface area (Å²) in [6.07, 6.45) is 1.65. The Kier molecular flexibility index (Phi) is 4.85. The smallest absolute Gasteiger partial charge is 0.254 e. The first-order valence-electron chi connectivity index (χ1n) is 9.80. The maximum Gasteiger partial charge on any atom is 0.254 e. The van der Waals surface area contributed by atoms with Crippen LogP contribution in [0.4, 0.5) is 5.82 Å². The highest BCUT2D eigenvalue weighted by Crippen LogP contribution is 2.29. The number of aromatic nitrogens is 2. The molecule has 0 spiro atoms. The average Bonchev–Trinajstić information content (AvgIpc) is 3.23. The Hall–Kier alpha value is -3.38. The van der Waals surface area contributed by atoms with Crippen molar-refractivity contribution in [3.05, 3.63) is 77.4 Å². The fourth-order valence-electron chi connectivity index (χ4n) is 3.75. The number of pyridine rings is 1. The number of hydrogen-bond acceptors (Lipinski definition) is 5. The first kappa shape index (κ1) is 18.6. The Morgan fingerprint density at radius 3 is 2.50 bits per heavy atom. The molecule has 0 N–H and O–H groups in total. The average molecular weight is 419 g/mol. The lowest BCUT2D eigenvalue weighted by Gasteiger charge is -2.35. The van der Waals surface area contributed by atoms with Crippen molar-refractivity contribution < 1.29 is 9.32 Å². The highest BCUT2D eigenvalue weighted by molar-refractivity contribution is 6.30. The molecule has 2 aromatic heterocycles. The first-order chi connectivity index (χ1) is 14.7. The van der Waals surface area contributed by atoms with Crippen molar-refractivity contribution in [2.24, 2.45) is 0 Å². The molecule has 1 fully saturated rings. The van der Waals surface area contributed by atoms with Gasteiger partial charge in [0.05, 0.1) is 10.4 Å². The van der Waals surface area contributed by atoms with Crippen molar-refractivity contribution >= 4 is 34.2 Å². The van der Waals surface area contributed by atoms with Crippen molar-refractivity contribution in [2.75, 3.05) is 31.1 Å². The minimum atomic E-state index is 0.0147. The number of benzene rings is 2. The fraction of sp³-hybridized carbons (Fsp3) is 0.174. The normalized spacial score (nSPS) is 14.3. The van der Waals surface area contributed by atoms with E-state index in [1.54, 1.807) is 6.20 Å². The Labute approximate surface area is 178 Å². The molecule has 30 heavy (non-hydrogen) atoms. The zero-order valence-corrected chi connectivity index (χ0v) is 16.9. The van der Waals surface area contributed by atoms with Gasteiger partial charge in [-0.15, -0.1) is 0 Å². The number of rotatable bonds is 3. The highest BCUT2D eigenvalue weighted by Gasteiger charge is 2.24. The van der Waals surface area contributed by atoms with Crippen LogP contribution in [0, 0.1) is 0 Å². The van der Waals surface area contributed by atoms with Gasteiger partial charge >= 0.3 is 0 Å². The molecule has 3 heterocycles. The fourth-order valence-corrected chi connectivity index (χ4v) is 3.86. The van der Waals surface area contributed by atoms with Crippen molar-refractivity contribution in [1.29, 1.82) is 0 Å². The first-order valence-corrected chi connectivity index (χ1v) is 10.2. The van der Waals surface area contributed by atoms with E-state index >= 15 is 0 Å². The number of carbonyl (C=O) groups excluding carboxylic acids is 1. The molecule has 5 rings (SSSR count). The molecule has 150 valence electrons. The van der Waals surface area contributed by atoms with E-state index in [2.05, 4.69) is 15.0 Å². The molecular formula is C23H19ClN4O2. The summed E-state index contributed by atoms with van der Waals surface area (Å²) in [7, 11) is 0. The van der Waals surface area contributed by atoms with Crippen LogP contribution < -0.4 is 4.90 Å². The lowest BCUT2D eigenvalue weighted by molar-refractivity contribution is 0.0746. The van der Waals surface area contributed by atoms with Crippen LogP contribution in [0.1, 0.15) is 10.4 Å². The van der Waals surface area contributed by atoms with Crippen LogP contribution in [-0.2, 0) is 0 Å². The van der Waals surface area contributed by atoms with Crippen LogP contribution in [-0.4, -0.2) is 47.1 Å². The molecule has 6 nitrogen and oxygen atoms in total. The van der Waals surface area contributed by atoms with Gasteiger partial charge in [0.1, 0.15) is 11.3 Å². The maximum atomic E-state index is 13.1. The Morgan fingerprint density at radius 1 is 0.967 bits per heavy atom. The molecule has 1 aliphatic rings. The number of fused-ring (bicyclic) bond motifs is 1. The predicted octanol–water partition coefficient (Wildman–Crippen LogP) is 4.51. The van der Waals surface area contributed by atoms with E-state index in [1.807, 2.05) is 65.6 Å². The molecule has 0 unspecified atom stereocenters. The lowest BCUT2D eigenvalue weighted by Crippen LogP contribution is -2.49. The number of piperazine rings is 1. The third kappa shape index (κ3) is 3.50. The van der Waals surface area contributed by atoms with Crippen molar-refractivity contribution in [3.63, 3.8) is 0 Å². The van der Waals surface area contributed by atoms with Crippen LogP contribution in [0.25, 0.3) is 22.2 Å². The SMILES string of the molecule is O=C(c1ccc2noc(-c3ccccc3)c2c1)N1CCN(c2ccc(Cl)cn2)CC1. The zero-order valence-electron chi connectivity index (χ0n) is 16.2. The van der Waals surface area contributed by atoms with Gasteiger partial charge in [0, 0.05) is 43.5 Å². The number of carbonyl (C=O) groups is 1. The third-order valence-corrected chi connectivity index (χ3v) is 5.59. The topological polar surface area (TPSA) is 62.5 Å². The van der Waals surface area contributed by atoms with Crippen molar-refractivity contribution in [3.8, 4) is 11.3 Å². The van der Waals surface area contributed by atoms with Gasteiger partial charge in [-0.25, -0.2) is 4.98 Å². The second kappa shape index (κ2) is 7.80. The number of nitrogens with zero attached hydrogens (tertiary/aromatic N) is 4. The molecule has 2 aromatic carbocycles. The van der Waals surface area contributed by atoms with E-state index in [0.29, 0.717) is 29.4 Å². The summed E-state index contributed by atoms with van der Waals surface area (Å²) in [5, 5.41) is 5.60. The number of amides is 1. The van der Waals surface area contributed by atoms with E-state index in [-0.39, 0.29) is 5.91 Å². The summed E-state index contributed by atoms with van der Waals surface area (Å²) in [6.45, 7) is 2.73. The summed E-state index contributed by atoms with van der Waals surface area (Å²) in [5.74, 6) is 1.57. The largest absolute Gasteiger partial charge is 0.355 e. The summed E-state index contributed by atoms with van der Waals surface area (Å²) in [4.78, 5) is 21.5. The van der Waals surface area contributed by atoms with Crippen LogP contribution in [0.15, 0.2) is 71.4 Å². The standard InChI is InChI=1S/C23H19ClN4O2/c24-18-7-9-21(25-15-18)27-10-12-28(13-11-27)23(29)17-6-8-20-19(14-17)22(30-26-20)16-4-2-1-3-5-16/h1-9,14-15H,10-13H2. The molecule has 4 aromatic rings. The van der Waals surface area contributed by atoms with Gasteiger partial charge in [0.2, 0.25) is 0 Å². The quantitative estimate of drug-likeness (QED) is 0.490. The molecule has 1 saturated heterocycles. The van der Waals surface area contributed by atoms with Gasteiger partial charge in [0.25, 0.3) is 5.91 Å². The number of anilines is 1. The van der Waals surface area contributed by atoms with E-state index in [1.165, 1.54) is 0 Å². The van der Waals surface area contributed by atoms with Gasteiger partial charge in [-0.3, -0.25) is 4.79 Å². The molecule has 0 bridgehead atoms. The van der Waals surface area contributed by atoms with Gasteiger partial charge in [-0.2, -0.15) is 0 Å². The van der Waals surface area contributed by atoms with E-state index in [9.17, 15) is 4.79 Å². The molecular weight excluding hydrogens is 400 g/mol. The second-order valence-electron chi connectivity index (χ2n) is 7.22. The van der Waals surface area contributed by atoms with Crippen molar-refractivity contribution in [2.45, 2.75) is 0 Å².